The summed E-state index contributed by atoms with van der Waals surface area (Å²) in [6.45, 7) is 2.21. The van der Waals surface area contributed by atoms with Crippen LogP contribution in [-0.2, 0) is 5.41 Å². The van der Waals surface area contributed by atoms with Crippen molar-refractivity contribution in [2.45, 2.75) is 12.3 Å². The Kier molecular flexibility index (Phi) is 2.57. The molecule has 0 amide bonds. The topological polar surface area (TPSA) is 94.9 Å². The van der Waals surface area contributed by atoms with E-state index in [1.807, 2.05) is 25.1 Å². The second-order valence-electron chi connectivity index (χ2n) is 4.26. The monoisotopic (exact) mass is 221 g/mol. The molecule has 1 heterocycles. The van der Waals surface area contributed by atoms with Crippen LogP contribution in [0.3, 0.4) is 0 Å². The number of hydrogen-bond donors (Lipinski definition) is 4. The summed E-state index contributed by atoms with van der Waals surface area (Å²) < 4.78 is 0. The Morgan fingerprint density at radius 3 is 2.69 bits per heavy atom. The highest BCUT2D eigenvalue weighted by molar-refractivity contribution is 5.75. The average Bonchev–Trinajstić information content (AvgIpc) is 2.67. The summed E-state index contributed by atoms with van der Waals surface area (Å²) in [5.74, 6) is 0. The summed E-state index contributed by atoms with van der Waals surface area (Å²) in [7, 11) is 0. The maximum Gasteiger partial charge on any atom is 0.323 e. The summed E-state index contributed by atoms with van der Waals surface area (Å²) in [5.41, 5.74) is 7.36. The molecule has 86 valence electrons. The minimum atomic E-state index is -0.470. The van der Waals surface area contributed by atoms with Gasteiger partial charge in [0.15, 0.2) is 0 Å². The molecule has 0 aliphatic heterocycles. The van der Waals surface area contributed by atoms with E-state index in [1.165, 1.54) is 0 Å². The molecule has 2 rings (SSSR count). The number of aromatic amines is 2. The number of aliphatic hydroxyl groups is 1. The van der Waals surface area contributed by atoms with Crippen LogP contribution in [0.2, 0.25) is 0 Å². The van der Waals surface area contributed by atoms with Crippen molar-refractivity contribution in [2.75, 3.05) is 13.2 Å². The summed E-state index contributed by atoms with van der Waals surface area (Å²) in [6, 6.07) is 5.53. The highest BCUT2D eigenvalue weighted by atomic mass is 16.3. The van der Waals surface area contributed by atoms with Gasteiger partial charge in [-0.1, -0.05) is 13.0 Å². The summed E-state index contributed by atoms with van der Waals surface area (Å²) >= 11 is 0. The summed E-state index contributed by atoms with van der Waals surface area (Å²) in [4.78, 5) is 16.5. The largest absolute Gasteiger partial charge is 0.395 e. The third-order valence-corrected chi connectivity index (χ3v) is 3.01. The Hall–Kier alpha value is -1.59. The molecule has 0 radical (unpaired) electrons. The van der Waals surface area contributed by atoms with E-state index in [4.69, 9.17) is 5.73 Å². The minimum absolute atomic E-state index is 0.0241. The Bertz CT molecular complexity index is 552. The van der Waals surface area contributed by atoms with Crippen LogP contribution in [-0.4, -0.2) is 28.2 Å². The van der Waals surface area contributed by atoms with E-state index in [9.17, 15) is 9.90 Å². The van der Waals surface area contributed by atoms with E-state index in [2.05, 4.69) is 9.97 Å². The van der Waals surface area contributed by atoms with E-state index in [0.717, 1.165) is 16.6 Å². The van der Waals surface area contributed by atoms with Crippen molar-refractivity contribution in [3.63, 3.8) is 0 Å². The van der Waals surface area contributed by atoms with Crippen molar-refractivity contribution in [3.05, 3.63) is 34.2 Å². The molecule has 5 nitrogen and oxygen atoms in total. The lowest BCUT2D eigenvalue weighted by atomic mass is 9.83. The van der Waals surface area contributed by atoms with Crippen molar-refractivity contribution >= 4 is 11.0 Å². The highest BCUT2D eigenvalue weighted by Crippen LogP contribution is 2.24. The van der Waals surface area contributed by atoms with Crippen LogP contribution in [0.1, 0.15) is 12.5 Å². The molecular weight excluding hydrogens is 206 g/mol. The first-order chi connectivity index (χ1) is 7.59. The molecule has 2 aromatic rings. The van der Waals surface area contributed by atoms with Crippen LogP contribution in [0.15, 0.2) is 23.0 Å². The third-order valence-electron chi connectivity index (χ3n) is 3.01. The number of nitrogens with one attached hydrogen (secondary N) is 2. The van der Waals surface area contributed by atoms with Crippen LogP contribution in [0.25, 0.3) is 11.0 Å². The molecule has 0 saturated carbocycles. The molecule has 5 N–H and O–H groups in total. The number of benzene rings is 1. The Morgan fingerprint density at radius 1 is 1.38 bits per heavy atom. The molecule has 1 unspecified atom stereocenters. The maximum atomic E-state index is 11.1. The Balaban J connectivity index is 2.57. The number of imidazole rings is 1. The van der Waals surface area contributed by atoms with E-state index in [0.29, 0.717) is 6.54 Å². The van der Waals surface area contributed by atoms with Gasteiger partial charge in [0.05, 0.1) is 17.6 Å². The fourth-order valence-corrected chi connectivity index (χ4v) is 1.68. The average molecular weight is 221 g/mol. The molecular formula is C11H15N3O2. The molecule has 0 spiro atoms. The normalized spacial score (nSPS) is 15.2. The van der Waals surface area contributed by atoms with Gasteiger partial charge in [-0.3, -0.25) is 0 Å². The van der Waals surface area contributed by atoms with Crippen LogP contribution in [0, 0.1) is 0 Å². The van der Waals surface area contributed by atoms with E-state index < -0.39 is 5.41 Å². The zero-order valence-corrected chi connectivity index (χ0v) is 9.08. The van der Waals surface area contributed by atoms with Gasteiger partial charge in [-0.15, -0.1) is 0 Å². The lowest BCUT2D eigenvalue weighted by Crippen LogP contribution is -2.35. The number of aromatic nitrogens is 2. The SMILES string of the molecule is CC(CN)(CO)c1ccc2[nH]c(=O)[nH]c2c1. The maximum absolute atomic E-state index is 11.1. The lowest BCUT2D eigenvalue weighted by Gasteiger charge is -2.25. The van der Waals surface area contributed by atoms with Gasteiger partial charge in [0.1, 0.15) is 0 Å². The molecule has 0 aliphatic carbocycles. The number of aliphatic hydroxyl groups excluding tert-OH is 1. The molecule has 0 saturated heterocycles. The van der Waals surface area contributed by atoms with Gasteiger partial charge in [-0.2, -0.15) is 0 Å². The molecule has 16 heavy (non-hydrogen) atoms. The predicted molar refractivity (Wildman–Crippen MR) is 62.4 cm³/mol. The lowest BCUT2D eigenvalue weighted by molar-refractivity contribution is 0.210. The van der Waals surface area contributed by atoms with Crippen molar-refractivity contribution in [3.8, 4) is 0 Å². The van der Waals surface area contributed by atoms with Crippen molar-refractivity contribution < 1.29 is 5.11 Å². The second-order valence-corrected chi connectivity index (χ2v) is 4.26. The third kappa shape index (κ3) is 1.64. The molecule has 0 fully saturated rings. The van der Waals surface area contributed by atoms with Gasteiger partial charge in [0.25, 0.3) is 0 Å². The number of H-pyrrole nitrogens is 2. The number of rotatable bonds is 3. The highest BCUT2D eigenvalue weighted by Gasteiger charge is 2.24. The van der Waals surface area contributed by atoms with Crippen LogP contribution in [0.4, 0.5) is 0 Å². The Labute approximate surface area is 92.3 Å². The van der Waals surface area contributed by atoms with Gasteiger partial charge < -0.3 is 20.8 Å². The molecule has 1 aromatic carbocycles. The Morgan fingerprint density at radius 2 is 2.06 bits per heavy atom. The molecule has 1 atom stereocenters. The zero-order chi connectivity index (χ0) is 11.8. The van der Waals surface area contributed by atoms with Gasteiger partial charge in [0, 0.05) is 12.0 Å². The quantitative estimate of drug-likeness (QED) is 0.590. The summed E-state index contributed by atoms with van der Waals surface area (Å²) in [5, 5.41) is 9.36. The van der Waals surface area contributed by atoms with Crippen LogP contribution >= 0.6 is 0 Å². The summed E-state index contributed by atoms with van der Waals surface area (Å²) in [6.07, 6.45) is 0. The fourth-order valence-electron chi connectivity index (χ4n) is 1.68. The fraction of sp³-hybridized carbons (Fsp3) is 0.364. The smallest absolute Gasteiger partial charge is 0.323 e. The molecule has 0 aliphatic rings. The standard InChI is InChI=1S/C11H15N3O2/c1-11(5-12,6-15)7-2-3-8-9(4-7)14-10(16)13-8/h2-4,15H,5-6,12H2,1H3,(H2,13,14,16). The number of hydrogen-bond acceptors (Lipinski definition) is 3. The van der Waals surface area contributed by atoms with Gasteiger partial charge >= 0.3 is 5.69 Å². The zero-order valence-electron chi connectivity index (χ0n) is 9.08. The molecule has 1 aromatic heterocycles. The van der Waals surface area contributed by atoms with Crippen molar-refractivity contribution in [1.82, 2.24) is 9.97 Å². The van der Waals surface area contributed by atoms with Gasteiger partial charge in [0.2, 0.25) is 0 Å². The van der Waals surface area contributed by atoms with Gasteiger partial charge in [-0.25, -0.2) is 4.79 Å². The first-order valence-corrected chi connectivity index (χ1v) is 5.12. The first-order valence-electron chi connectivity index (χ1n) is 5.12. The van der Waals surface area contributed by atoms with Crippen molar-refractivity contribution in [1.29, 1.82) is 0 Å². The second kappa shape index (κ2) is 3.77. The van der Waals surface area contributed by atoms with E-state index >= 15 is 0 Å². The van der Waals surface area contributed by atoms with E-state index in [-0.39, 0.29) is 12.3 Å². The molecule has 0 bridgehead atoms. The van der Waals surface area contributed by atoms with E-state index in [1.54, 1.807) is 0 Å². The molecule has 5 heteroatoms. The predicted octanol–water partition coefficient (Wildman–Crippen LogP) is 0.0649. The van der Waals surface area contributed by atoms with Crippen LogP contribution < -0.4 is 11.4 Å². The van der Waals surface area contributed by atoms with Gasteiger partial charge in [-0.05, 0) is 17.7 Å². The number of nitrogens with two attached hydrogens (primary N) is 1. The van der Waals surface area contributed by atoms with Crippen molar-refractivity contribution in [2.24, 2.45) is 5.73 Å². The number of fused-ring (bicyclic) bond motifs is 1. The van der Waals surface area contributed by atoms with Crippen LogP contribution in [0.5, 0.6) is 0 Å². The first kappa shape index (κ1) is 10.9. The minimum Gasteiger partial charge on any atom is -0.395 e.